The first kappa shape index (κ1) is 13.7. The average molecular weight is 226 g/mol. The van der Waals surface area contributed by atoms with Crippen LogP contribution >= 0.6 is 0 Å². The van der Waals surface area contributed by atoms with Crippen molar-refractivity contribution in [3.8, 4) is 0 Å². The maximum atomic E-state index is 5.41. The number of nitrogens with one attached hydrogen (secondary N) is 1. The summed E-state index contributed by atoms with van der Waals surface area (Å²) in [5.41, 5.74) is 1.71. The Balaban J connectivity index is 2.21. The zero-order chi connectivity index (χ0) is 12.0. The molecule has 0 saturated heterocycles. The van der Waals surface area contributed by atoms with Crippen LogP contribution in [-0.4, -0.2) is 51.8 Å². The van der Waals surface area contributed by atoms with Crippen molar-refractivity contribution in [2.75, 3.05) is 46.9 Å². The van der Waals surface area contributed by atoms with E-state index in [0.29, 0.717) is 5.41 Å². The molecule has 3 nitrogen and oxygen atoms in total. The molecule has 0 fully saturated rings. The first-order valence-electron chi connectivity index (χ1n) is 6.11. The van der Waals surface area contributed by atoms with Crippen molar-refractivity contribution in [2.45, 2.75) is 20.3 Å². The SMILES string of the molecule is CN(C)CC(C)(C)CNCC1=CCCOC1. The summed E-state index contributed by atoms with van der Waals surface area (Å²) in [5, 5.41) is 3.53. The monoisotopic (exact) mass is 226 g/mol. The van der Waals surface area contributed by atoms with E-state index in [1.807, 2.05) is 0 Å². The third kappa shape index (κ3) is 5.64. The van der Waals surface area contributed by atoms with E-state index in [2.05, 4.69) is 44.2 Å². The van der Waals surface area contributed by atoms with Crippen molar-refractivity contribution in [3.63, 3.8) is 0 Å². The van der Waals surface area contributed by atoms with Crippen molar-refractivity contribution in [3.05, 3.63) is 11.6 Å². The van der Waals surface area contributed by atoms with E-state index in [1.54, 1.807) is 0 Å². The fourth-order valence-corrected chi connectivity index (χ4v) is 2.21. The van der Waals surface area contributed by atoms with Gasteiger partial charge in [-0.05, 0) is 31.5 Å². The molecule has 1 N–H and O–H groups in total. The molecular formula is C13H26N2O. The number of nitrogens with zero attached hydrogens (tertiary/aromatic N) is 1. The van der Waals surface area contributed by atoms with Crippen molar-refractivity contribution in [1.82, 2.24) is 10.2 Å². The highest BCUT2D eigenvalue weighted by atomic mass is 16.5. The highest BCUT2D eigenvalue weighted by molar-refractivity contribution is 5.06. The van der Waals surface area contributed by atoms with E-state index < -0.39 is 0 Å². The number of rotatable bonds is 6. The van der Waals surface area contributed by atoms with Crippen LogP contribution < -0.4 is 5.32 Å². The van der Waals surface area contributed by atoms with Crippen LogP contribution in [0.1, 0.15) is 20.3 Å². The molecule has 0 amide bonds. The number of ether oxygens (including phenoxy) is 1. The second kappa shape index (κ2) is 6.38. The Bertz CT molecular complexity index is 234. The van der Waals surface area contributed by atoms with E-state index in [-0.39, 0.29) is 0 Å². The summed E-state index contributed by atoms with van der Waals surface area (Å²) in [6, 6.07) is 0. The number of hydrogen-bond donors (Lipinski definition) is 1. The third-order valence-electron chi connectivity index (χ3n) is 2.68. The molecule has 0 radical (unpaired) electrons. The molecule has 1 aliphatic heterocycles. The molecule has 0 bridgehead atoms. The van der Waals surface area contributed by atoms with Crippen LogP contribution in [-0.2, 0) is 4.74 Å². The van der Waals surface area contributed by atoms with Gasteiger partial charge in [0.1, 0.15) is 0 Å². The van der Waals surface area contributed by atoms with Gasteiger partial charge in [0.2, 0.25) is 0 Å². The Kier molecular flexibility index (Phi) is 5.46. The first-order chi connectivity index (χ1) is 7.49. The van der Waals surface area contributed by atoms with E-state index in [1.165, 1.54) is 5.57 Å². The topological polar surface area (TPSA) is 24.5 Å². The molecule has 3 heteroatoms. The third-order valence-corrected chi connectivity index (χ3v) is 2.68. The second-order valence-corrected chi connectivity index (χ2v) is 5.71. The van der Waals surface area contributed by atoms with Gasteiger partial charge in [-0.1, -0.05) is 19.9 Å². The zero-order valence-corrected chi connectivity index (χ0v) is 11.2. The van der Waals surface area contributed by atoms with Gasteiger partial charge in [-0.3, -0.25) is 0 Å². The molecule has 0 saturated carbocycles. The Morgan fingerprint density at radius 1 is 1.44 bits per heavy atom. The van der Waals surface area contributed by atoms with Gasteiger partial charge < -0.3 is 15.0 Å². The van der Waals surface area contributed by atoms with Crippen LogP contribution in [0.5, 0.6) is 0 Å². The van der Waals surface area contributed by atoms with Crippen molar-refractivity contribution in [1.29, 1.82) is 0 Å². The maximum absolute atomic E-state index is 5.41. The molecule has 16 heavy (non-hydrogen) atoms. The first-order valence-corrected chi connectivity index (χ1v) is 6.11. The van der Waals surface area contributed by atoms with Crippen LogP contribution in [0.4, 0.5) is 0 Å². The fourth-order valence-electron chi connectivity index (χ4n) is 2.21. The van der Waals surface area contributed by atoms with Gasteiger partial charge in [0.05, 0.1) is 13.2 Å². The molecule has 0 aliphatic carbocycles. The Morgan fingerprint density at radius 3 is 2.75 bits per heavy atom. The van der Waals surface area contributed by atoms with Crippen LogP contribution in [0, 0.1) is 5.41 Å². The van der Waals surface area contributed by atoms with Crippen LogP contribution in [0.3, 0.4) is 0 Å². The van der Waals surface area contributed by atoms with Gasteiger partial charge >= 0.3 is 0 Å². The quantitative estimate of drug-likeness (QED) is 0.695. The van der Waals surface area contributed by atoms with Gasteiger partial charge in [-0.2, -0.15) is 0 Å². The molecule has 1 heterocycles. The second-order valence-electron chi connectivity index (χ2n) is 5.71. The lowest BCUT2D eigenvalue weighted by molar-refractivity contribution is 0.148. The molecule has 0 spiro atoms. The lowest BCUT2D eigenvalue weighted by Crippen LogP contribution is -2.38. The van der Waals surface area contributed by atoms with Gasteiger partial charge in [0.25, 0.3) is 0 Å². The van der Waals surface area contributed by atoms with Gasteiger partial charge in [0.15, 0.2) is 0 Å². The average Bonchev–Trinajstić information content (AvgIpc) is 2.16. The standard InChI is InChI=1S/C13H26N2O/c1-13(2,11-15(3)4)10-14-8-12-6-5-7-16-9-12/h6,14H,5,7-11H2,1-4H3. The van der Waals surface area contributed by atoms with Crippen molar-refractivity contribution < 1.29 is 4.74 Å². The zero-order valence-electron chi connectivity index (χ0n) is 11.2. The molecule has 0 aromatic heterocycles. The number of hydrogen-bond acceptors (Lipinski definition) is 3. The summed E-state index contributed by atoms with van der Waals surface area (Å²) in [7, 11) is 4.25. The maximum Gasteiger partial charge on any atom is 0.0689 e. The molecule has 94 valence electrons. The van der Waals surface area contributed by atoms with Gasteiger partial charge in [0, 0.05) is 19.6 Å². The normalized spacial score (nSPS) is 17.7. The highest BCUT2D eigenvalue weighted by Crippen LogP contribution is 2.14. The van der Waals surface area contributed by atoms with E-state index in [0.717, 1.165) is 39.3 Å². The van der Waals surface area contributed by atoms with E-state index in [4.69, 9.17) is 4.74 Å². The van der Waals surface area contributed by atoms with Crippen molar-refractivity contribution in [2.24, 2.45) is 5.41 Å². The molecule has 0 aromatic rings. The summed E-state index contributed by atoms with van der Waals surface area (Å²) >= 11 is 0. The molecule has 0 aromatic carbocycles. The molecule has 1 rings (SSSR count). The fraction of sp³-hybridized carbons (Fsp3) is 0.846. The summed E-state index contributed by atoms with van der Waals surface area (Å²) in [6.45, 7) is 9.41. The summed E-state index contributed by atoms with van der Waals surface area (Å²) in [4.78, 5) is 2.24. The minimum atomic E-state index is 0.319. The molecular weight excluding hydrogens is 200 g/mol. The van der Waals surface area contributed by atoms with Crippen LogP contribution in [0.15, 0.2) is 11.6 Å². The Hall–Kier alpha value is -0.380. The molecule has 0 unspecified atom stereocenters. The van der Waals surface area contributed by atoms with Gasteiger partial charge in [-0.25, -0.2) is 0 Å². The summed E-state index contributed by atoms with van der Waals surface area (Å²) in [5.74, 6) is 0. The summed E-state index contributed by atoms with van der Waals surface area (Å²) < 4.78 is 5.41. The van der Waals surface area contributed by atoms with Crippen LogP contribution in [0.2, 0.25) is 0 Å². The van der Waals surface area contributed by atoms with Crippen molar-refractivity contribution >= 4 is 0 Å². The minimum Gasteiger partial charge on any atom is -0.377 e. The predicted molar refractivity (Wildman–Crippen MR) is 68.7 cm³/mol. The lowest BCUT2D eigenvalue weighted by atomic mass is 9.93. The van der Waals surface area contributed by atoms with E-state index in [9.17, 15) is 0 Å². The predicted octanol–water partition coefficient (Wildman–Crippen LogP) is 1.51. The molecule has 1 aliphatic rings. The Morgan fingerprint density at radius 2 is 2.19 bits per heavy atom. The van der Waals surface area contributed by atoms with Gasteiger partial charge in [-0.15, -0.1) is 0 Å². The Labute approximate surface area is 99.8 Å². The van der Waals surface area contributed by atoms with Crippen LogP contribution in [0.25, 0.3) is 0 Å². The van der Waals surface area contributed by atoms with E-state index >= 15 is 0 Å². The summed E-state index contributed by atoms with van der Waals surface area (Å²) in [6.07, 6.45) is 3.37. The molecule has 0 atom stereocenters. The minimum absolute atomic E-state index is 0.319. The lowest BCUT2D eigenvalue weighted by Gasteiger charge is -2.29. The highest BCUT2D eigenvalue weighted by Gasteiger charge is 2.18. The smallest absolute Gasteiger partial charge is 0.0689 e. The largest absolute Gasteiger partial charge is 0.377 e.